The third kappa shape index (κ3) is 3.89. The van der Waals surface area contributed by atoms with E-state index >= 15 is 0 Å². The second-order valence-corrected chi connectivity index (χ2v) is 9.96. The van der Waals surface area contributed by atoms with Crippen molar-refractivity contribution in [3.63, 3.8) is 0 Å². The summed E-state index contributed by atoms with van der Waals surface area (Å²) in [6.07, 6.45) is 4.73. The molecule has 2 saturated carbocycles. The zero-order valence-corrected chi connectivity index (χ0v) is 17.2. The second kappa shape index (κ2) is 7.41. The Hall–Kier alpha value is -2.05. The molecule has 2 N–H and O–H groups in total. The number of halogens is 1. The Morgan fingerprint density at radius 3 is 2.46 bits per heavy atom. The van der Waals surface area contributed by atoms with Gasteiger partial charge in [0, 0.05) is 16.6 Å². The third-order valence-electron chi connectivity index (χ3n) is 5.92. The van der Waals surface area contributed by atoms with Gasteiger partial charge in [0.1, 0.15) is 0 Å². The summed E-state index contributed by atoms with van der Waals surface area (Å²) < 4.78 is 27.9. The lowest BCUT2D eigenvalue weighted by Gasteiger charge is -2.23. The number of aryl methyl sites for hydroxylation is 1. The number of fused-ring (bicyclic) bond motifs is 2. The molecule has 0 radical (unpaired) electrons. The average Bonchev–Trinajstić information content (AvgIpc) is 3.26. The predicted molar refractivity (Wildman–Crippen MR) is 110 cm³/mol. The van der Waals surface area contributed by atoms with Crippen LogP contribution in [0.15, 0.2) is 47.4 Å². The van der Waals surface area contributed by atoms with Crippen LogP contribution in [0.25, 0.3) is 0 Å². The highest BCUT2D eigenvalue weighted by molar-refractivity contribution is 7.92. The molecular weight excluding hydrogens is 396 g/mol. The van der Waals surface area contributed by atoms with Gasteiger partial charge < -0.3 is 5.32 Å². The fraction of sp³-hybridized carbons (Fsp3) is 0.381. The van der Waals surface area contributed by atoms with Crippen molar-refractivity contribution in [2.24, 2.45) is 11.8 Å². The van der Waals surface area contributed by atoms with Crippen LogP contribution < -0.4 is 10.0 Å². The lowest BCUT2D eigenvalue weighted by molar-refractivity contribution is 0.0923. The Morgan fingerprint density at radius 1 is 1.07 bits per heavy atom. The first kappa shape index (κ1) is 19.3. The molecule has 7 heteroatoms. The third-order valence-corrected chi connectivity index (χ3v) is 7.56. The summed E-state index contributed by atoms with van der Waals surface area (Å²) in [5.74, 6) is 1.18. The number of benzene rings is 2. The first-order chi connectivity index (χ1) is 13.3. The monoisotopic (exact) mass is 418 g/mol. The summed E-state index contributed by atoms with van der Waals surface area (Å²) in [5.41, 5.74) is 1.60. The van der Waals surface area contributed by atoms with E-state index in [0.717, 1.165) is 17.9 Å². The predicted octanol–water partition coefficient (Wildman–Crippen LogP) is 4.37. The van der Waals surface area contributed by atoms with Crippen molar-refractivity contribution in [3.8, 4) is 0 Å². The van der Waals surface area contributed by atoms with E-state index in [4.69, 9.17) is 11.6 Å². The standard InChI is InChI=1S/C21H23ClN2O3S/c1-13-2-4-16(21(25)23-20-11-14-3-5-15(20)10-14)12-19(13)24-28(26,27)18-8-6-17(22)7-9-18/h2,4,6-9,12,14-15,20,24H,3,5,10-11H2,1H3,(H,23,25)/t14-,15-,20-/m0/s1. The summed E-state index contributed by atoms with van der Waals surface area (Å²) >= 11 is 5.84. The van der Waals surface area contributed by atoms with E-state index in [1.54, 1.807) is 25.1 Å². The number of anilines is 1. The number of sulfonamides is 1. The highest BCUT2D eigenvalue weighted by Gasteiger charge is 2.40. The first-order valence-electron chi connectivity index (χ1n) is 9.52. The molecule has 2 aromatic carbocycles. The molecule has 2 bridgehead atoms. The Labute approximate surface area is 170 Å². The van der Waals surface area contributed by atoms with Crippen LogP contribution in [0, 0.1) is 18.8 Å². The Morgan fingerprint density at radius 2 is 1.82 bits per heavy atom. The zero-order chi connectivity index (χ0) is 19.9. The van der Waals surface area contributed by atoms with Gasteiger partial charge in [-0.1, -0.05) is 24.1 Å². The maximum Gasteiger partial charge on any atom is 0.261 e. The Bertz CT molecular complexity index is 1000. The molecule has 0 aromatic heterocycles. The van der Waals surface area contributed by atoms with Crippen molar-refractivity contribution in [2.75, 3.05) is 4.72 Å². The van der Waals surface area contributed by atoms with Crippen LogP contribution in [0.3, 0.4) is 0 Å². The van der Waals surface area contributed by atoms with Gasteiger partial charge in [-0.25, -0.2) is 8.42 Å². The summed E-state index contributed by atoms with van der Waals surface area (Å²) in [4.78, 5) is 12.8. The largest absolute Gasteiger partial charge is 0.349 e. The van der Waals surface area contributed by atoms with E-state index < -0.39 is 10.0 Å². The van der Waals surface area contributed by atoms with Gasteiger partial charge in [0.15, 0.2) is 0 Å². The van der Waals surface area contributed by atoms with Gasteiger partial charge in [-0.15, -0.1) is 0 Å². The van der Waals surface area contributed by atoms with Gasteiger partial charge in [0.2, 0.25) is 0 Å². The number of carbonyl (C=O) groups excluding carboxylic acids is 1. The van der Waals surface area contributed by atoms with Crippen LogP contribution in [0.5, 0.6) is 0 Å². The fourth-order valence-electron chi connectivity index (χ4n) is 4.36. The quantitative estimate of drug-likeness (QED) is 0.757. The Kier molecular flexibility index (Phi) is 5.10. The van der Waals surface area contributed by atoms with E-state index in [9.17, 15) is 13.2 Å². The van der Waals surface area contributed by atoms with Gasteiger partial charge in [-0.3, -0.25) is 9.52 Å². The molecule has 0 spiro atoms. The summed E-state index contributed by atoms with van der Waals surface area (Å²) in [5, 5.41) is 3.61. The van der Waals surface area contributed by atoms with Crippen molar-refractivity contribution in [3.05, 3.63) is 58.6 Å². The molecule has 3 atom stereocenters. The van der Waals surface area contributed by atoms with Crippen molar-refractivity contribution < 1.29 is 13.2 Å². The van der Waals surface area contributed by atoms with Crippen LogP contribution in [0.1, 0.15) is 41.6 Å². The summed E-state index contributed by atoms with van der Waals surface area (Å²) in [6.45, 7) is 1.80. The van der Waals surface area contributed by atoms with E-state index in [1.807, 2.05) is 0 Å². The second-order valence-electron chi connectivity index (χ2n) is 7.84. The van der Waals surface area contributed by atoms with E-state index in [1.165, 1.54) is 43.5 Å². The number of hydrogen-bond acceptors (Lipinski definition) is 3. The van der Waals surface area contributed by atoms with Gasteiger partial charge in [-0.05, 0) is 80.0 Å². The first-order valence-corrected chi connectivity index (χ1v) is 11.4. The maximum atomic E-state index is 12.7. The minimum absolute atomic E-state index is 0.119. The molecule has 0 aliphatic heterocycles. The van der Waals surface area contributed by atoms with Crippen LogP contribution in [-0.2, 0) is 10.0 Å². The van der Waals surface area contributed by atoms with Crippen molar-refractivity contribution >= 4 is 33.2 Å². The number of carbonyl (C=O) groups is 1. The molecule has 2 fully saturated rings. The smallest absolute Gasteiger partial charge is 0.261 e. The minimum atomic E-state index is -3.76. The molecule has 0 heterocycles. The van der Waals surface area contributed by atoms with Gasteiger partial charge in [-0.2, -0.15) is 0 Å². The molecular formula is C21H23ClN2O3S. The lowest BCUT2D eigenvalue weighted by atomic mass is 9.95. The SMILES string of the molecule is Cc1ccc(C(=O)N[C@H]2C[C@H]3CC[C@H]2C3)cc1NS(=O)(=O)c1ccc(Cl)cc1. The summed E-state index contributed by atoms with van der Waals surface area (Å²) in [7, 11) is -3.76. The number of nitrogens with one attached hydrogen (secondary N) is 2. The topological polar surface area (TPSA) is 75.3 Å². The van der Waals surface area contributed by atoms with Crippen molar-refractivity contribution in [1.29, 1.82) is 0 Å². The number of rotatable bonds is 5. The Balaban J connectivity index is 1.52. The molecule has 0 unspecified atom stereocenters. The zero-order valence-electron chi connectivity index (χ0n) is 15.6. The molecule has 28 heavy (non-hydrogen) atoms. The fourth-order valence-corrected chi connectivity index (χ4v) is 5.61. The normalized spacial score (nSPS) is 23.6. The average molecular weight is 419 g/mol. The highest BCUT2D eigenvalue weighted by Crippen LogP contribution is 2.44. The molecule has 148 valence electrons. The van der Waals surface area contributed by atoms with Gasteiger partial charge >= 0.3 is 0 Å². The maximum absolute atomic E-state index is 12.7. The molecule has 2 aromatic rings. The molecule has 0 saturated heterocycles. The number of hydrogen-bond donors (Lipinski definition) is 2. The lowest BCUT2D eigenvalue weighted by Crippen LogP contribution is -2.38. The molecule has 5 nitrogen and oxygen atoms in total. The molecule has 1 amide bonds. The number of amides is 1. The van der Waals surface area contributed by atoms with Crippen LogP contribution in [0.4, 0.5) is 5.69 Å². The van der Waals surface area contributed by atoms with Crippen LogP contribution in [0.2, 0.25) is 5.02 Å². The molecule has 2 aliphatic rings. The highest BCUT2D eigenvalue weighted by atomic mass is 35.5. The van der Waals surface area contributed by atoms with Gasteiger partial charge in [0.25, 0.3) is 15.9 Å². The van der Waals surface area contributed by atoms with Crippen LogP contribution in [-0.4, -0.2) is 20.4 Å². The molecule has 4 rings (SSSR count). The van der Waals surface area contributed by atoms with Crippen LogP contribution >= 0.6 is 11.6 Å². The van der Waals surface area contributed by atoms with Crippen molar-refractivity contribution in [2.45, 2.75) is 43.5 Å². The van der Waals surface area contributed by atoms with E-state index in [0.29, 0.717) is 22.2 Å². The summed E-state index contributed by atoms with van der Waals surface area (Å²) in [6, 6.07) is 11.3. The van der Waals surface area contributed by atoms with Gasteiger partial charge in [0.05, 0.1) is 10.6 Å². The minimum Gasteiger partial charge on any atom is -0.349 e. The van der Waals surface area contributed by atoms with Crippen molar-refractivity contribution in [1.82, 2.24) is 5.32 Å². The molecule has 2 aliphatic carbocycles. The van der Waals surface area contributed by atoms with E-state index in [2.05, 4.69) is 10.0 Å². The van der Waals surface area contributed by atoms with E-state index in [-0.39, 0.29) is 16.8 Å².